The maximum absolute atomic E-state index is 12.9. The van der Waals surface area contributed by atoms with Crippen molar-refractivity contribution in [3.8, 4) is 0 Å². The summed E-state index contributed by atoms with van der Waals surface area (Å²) in [6.45, 7) is 4.62. The molecule has 2 aliphatic rings. The standard InChI is InChI=1S/C19H26Cl2N2OS/c1-13-9-17(18(12-25-13)23-7-3-4-8-23)22(2)19(24)11-14-5-6-15(20)16(21)10-14/h5-6,10,13,17-18H,3-4,7-9,11-12H2,1-2H3. The summed E-state index contributed by atoms with van der Waals surface area (Å²) in [5.74, 6) is 1.28. The molecule has 1 aromatic carbocycles. The van der Waals surface area contributed by atoms with E-state index in [1.54, 1.807) is 12.1 Å². The normalized spacial score (nSPS) is 27.4. The number of likely N-dealkylation sites (N-methyl/N-ethyl adjacent to an activating group) is 1. The molecule has 2 aliphatic heterocycles. The molecule has 25 heavy (non-hydrogen) atoms. The van der Waals surface area contributed by atoms with Crippen LogP contribution in [0.5, 0.6) is 0 Å². The Bertz CT molecular complexity index is 621. The van der Waals surface area contributed by atoms with E-state index in [1.165, 1.54) is 25.9 Å². The fraction of sp³-hybridized carbons (Fsp3) is 0.632. The number of thioether (sulfide) groups is 1. The van der Waals surface area contributed by atoms with Gasteiger partial charge in [0.15, 0.2) is 0 Å². The van der Waals surface area contributed by atoms with Crippen LogP contribution < -0.4 is 0 Å². The van der Waals surface area contributed by atoms with Crippen LogP contribution in [0.15, 0.2) is 18.2 Å². The molecule has 138 valence electrons. The number of amides is 1. The third-order valence-corrected chi connectivity index (χ3v) is 7.44. The van der Waals surface area contributed by atoms with E-state index in [0.29, 0.717) is 33.8 Å². The van der Waals surface area contributed by atoms with Crippen molar-refractivity contribution >= 4 is 40.9 Å². The minimum Gasteiger partial charge on any atom is -0.341 e. The average Bonchev–Trinajstić information content (AvgIpc) is 3.11. The Labute approximate surface area is 165 Å². The molecule has 1 aromatic rings. The zero-order valence-corrected chi connectivity index (χ0v) is 17.2. The first-order valence-electron chi connectivity index (χ1n) is 9.01. The summed E-state index contributed by atoms with van der Waals surface area (Å²) >= 11 is 14.1. The van der Waals surface area contributed by atoms with E-state index >= 15 is 0 Å². The quantitative estimate of drug-likeness (QED) is 0.749. The highest BCUT2D eigenvalue weighted by molar-refractivity contribution is 8.00. The smallest absolute Gasteiger partial charge is 0.227 e. The van der Waals surface area contributed by atoms with Gasteiger partial charge in [-0.3, -0.25) is 9.69 Å². The zero-order chi connectivity index (χ0) is 18.0. The van der Waals surface area contributed by atoms with E-state index in [1.807, 2.05) is 29.8 Å². The molecule has 0 bridgehead atoms. The van der Waals surface area contributed by atoms with E-state index in [2.05, 4.69) is 11.8 Å². The van der Waals surface area contributed by atoms with E-state index < -0.39 is 0 Å². The van der Waals surface area contributed by atoms with E-state index in [-0.39, 0.29) is 5.91 Å². The van der Waals surface area contributed by atoms with Crippen molar-refractivity contribution in [2.24, 2.45) is 0 Å². The first-order chi connectivity index (χ1) is 12.0. The summed E-state index contributed by atoms with van der Waals surface area (Å²) in [4.78, 5) is 17.5. The van der Waals surface area contributed by atoms with Crippen LogP contribution in [0.4, 0.5) is 0 Å². The molecule has 0 saturated carbocycles. The van der Waals surface area contributed by atoms with Crippen molar-refractivity contribution in [2.45, 2.75) is 49.9 Å². The second-order valence-corrected chi connectivity index (χ2v) is 9.47. The number of hydrogen-bond acceptors (Lipinski definition) is 3. The van der Waals surface area contributed by atoms with Crippen LogP contribution in [0.1, 0.15) is 31.7 Å². The molecule has 3 atom stereocenters. The highest BCUT2D eigenvalue weighted by atomic mass is 35.5. The Kier molecular flexibility index (Phi) is 6.59. The van der Waals surface area contributed by atoms with Gasteiger partial charge >= 0.3 is 0 Å². The van der Waals surface area contributed by atoms with Gasteiger partial charge in [0.05, 0.1) is 16.5 Å². The first-order valence-corrected chi connectivity index (χ1v) is 10.8. The molecule has 0 radical (unpaired) electrons. The lowest BCUT2D eigenvalue weighted by Crippen LogP contribution is -2.56. The number of benzene rings is 1. The molecule has 0 spiro atoms. The molecule has 0 aromatic heterocycles. The van der Waals surface area contributed by atoms with E-state index in [4.69, 9.17) is 23.2 Å². The summed E-state index contributed by atoms with van der Waals surface area (Å²) in [6, 6.07) is 6.22. The molecule has 3 nitrogen and oxygen atoms in total. The predicted molar refractivity (Wildman–Crippen MR) is 108 cm³/mol. The van der Waals surface area contributed by atoms with Gasteiger partial charge in [-0.15, -0.1) is 0 Å². The Morgan fingerprint density at radius 2 is 2.00 bits per heavy atom. The van der Waals surface area contributed by atoms with Gasteiger partial charge < -0.3 is 4.90 Å². The number of halogens is 2. The maximum Gasteiger partial charge on any atom is 0.227 e. The molecule has 2 heterocycles. The molecular formula is C19H26Cl2N2OS. The van der Waals surface area contributed by atoms with Crippen molar-refractivity contribution in [2.75, 3.05) is 25.9 Å². The first kappa shape index (κ1) is 19.3. The largest absolute Gasteiger partial charge is 0.341 e. The monoisotopic (exact) mass is 400 g/mol. The summed E-state index contributed by atoms with van der Waals surface area (Å²) < 4.78 is 0. The summed E-state index contributed by atoms with van der Waals surface area (Å²) in [5, 5.41) is 1.63. The average molecular weight is 401 g/mol. The van der Waals surface area contributed by atoms with Gasteiger partial charge in [0.2, 0.25) is 5.91 Å². The number of likely N-dealkylation sites (tertiary alicyclic amines) is 1. The molecule has 3 unspecified atom stereocenters. The van der Waals surface area contributed by atoms with E-state index in [9.17, 15) is 4.79 Å². The van der Waals surface area contributed by atoms with Crippen molar-refractivity contribution in [3.05, 3.63) is 33.8 Å². The molecule has 1 amide bonds. The number of carbonyl (C=O) groups excluding carboxylic acids is 1. The van der Waals surface area contributed by atoms with Crippen LogP contribution >= 0.6 is 35.0 Å². The van der Waals surface area contributed by atoms with Crippen LogP contribution in [-0.4, -0.2) is 58.9 Å². The molecule has 2 fully saturated rings. The van der Waals surface area contributed by atoms with Crippen LogP contribution in [-0.2, 0) is 11.2 Å². The topological polar surface area (TPSA) is 23.6 Å². The molecule has 3 rings (SSSR count). The second kappa shape index (κ2) is 8.51. The van der Waals surface area contributed by atoms with Crippen LogP contribution in [0, 0.1) is 0 Å². The van der Waals surface area contributed by atoms with Gasteiger partial charge in [-0.2, -0.15) is 11.8 Å². The van der Waals surface area contributed by atoms with Gasteiger partial charge in [0.25, 0.3) is 0 Å². The van der Waals surface area contributed by atoms with Crippen molar-refractivity contribution in [3.63, 3.8) is 0 Å². The summed E-state index contributed by atoms with van der Waals surface area (Å²) in [5.41, 5.74) is 0.919. The van der Waals surface area contributed by atoms with Gasteiger partial charge in [-0.05, 0) is 50.0 Å². The Balaban J connectivity index is 1.70. The van der Waals surface area contributed by atoms with Gasteiger partial charge in [0, 0.05) is 30.1 Å². The van der Waals surface area contributed by atoms with Crippen molar-refractivity contribution < 1.29 is 4.79 Å². The molecule has 6 heteroatoms. The highest BCUT2D eigenvalue weighted by Crippen LogP contribution is 2.33. The minimum absolute atomic E-state index is 0.159. The van der Waals surface area contributed by atoms with Crippen LogP contribution in [0.25, 0.3) is 0 Å². The zero-order valence-electron chi connectivity index (χ0n) is 14.9. The molecule has 2 saturated heterocycles. The van der Waals surface area contributed by atoms with Crippen molar-refractivity contribution in [1.82, 2.24) is 9.80 Å². The molecule has 0 N–H and O–H groups in total. The SMILES string of the molecule is CC1CC(N(C)C(=O)Cc2ccc(Cl)c(Cl)c2)C(N2CCCC2)CS1. The fourth-order valence-corrected chi connectivity index (χ4v) is 5.52. The predicted octanol–water partition coefficient (Wildman–Crippen LogP) is 4.35. The number of rotatable bonds is 4. The van der Waals surface area contributed by atoms with Crippen molar-refractivity contribution in [1.29, 1.82) is 0 Å². The van der Waals surface area contributed by atoms with Gasteiger partial charge in [0.1, 0.15) is 0 Å². The third kappa shape index (κ3) is 4.65. The Morgan fingerprint density at radius 1 is 1.28 bits per heavy atom. The Morgan fingerprint density at radius 3 is 2.68 bits per heavy atom. The van der Waals surface area contributed by atoms with Gasteiger partial charge in [-0.25, -0.2) is 0 Å². The lowest BCUT2D eigenvalue weighted by molar-refractivity contribution is -0.132. The second-order valence-electron chi connectivity index (χ2n) is 7.19. The highest BCUT2D eigenvalue weighted by Gasteiger charge is 2.37. The maximum atomic E-state index is 12.9. The minimum atomic E-state index is 0.159. The van der Waals surface area contributed by atoms with Crippen LogP contribution in [0.3, 0.4) is 0 Å². The molecular weight excluding hydrogens is 375 g/mol. The number of nitrogens with zero attached hydrogens (tertiary/aromatic N) is 2. The van der Waals surface area contributed by atoms with E-state index in [0.717, 1.165) is 17.7 Å². The molecule has 0 aliphatic carbocycles. The number of carbonyl (C=O) groups is 1. The summed E-state index contributed by atoms with van der Waals surface area (Å²) in [6.07, 6.45) is 4.00. The lowest BCUT2D eigenvalue weighted by Gasteiger charge is -2.44. The summed E-state index contributed by atoms with van der Waals surface area (Å²) in [7, 11) is 1.97. The third-order valence-electron chi connectivity index (χ3n) is 5.41. The Hall–Kier alpha value is -0.420. The lowest BCUT2D eigenvalue weighted by atomic mass is 9.99. The number of hydrogen-bond donors (Lipinski definition) is 0. The van der Waals surface area contributed by atoms with Gasteiger partial charge in [-0.1, -0.05) is 36.2 Å². The fourth-order valence-electron chi connectivity index (χ4n) is 3.91. The van der Waals surface area contributed by atoms with Crippen LogP contribution in [0.2, 0.25) is 10.0 Å².